The maximum Gasteiger partial charge on any atom is 0.315 e. The lowest BCUT2D eigenvalue weighted by atomic mass is 10.1. The normalized spacial score (nSPS) is 21.6. The third-order valence-corrected chi connectivity index (χ3v) is 2.62. The molecule has 2 atom stereocenters. The Kier molecular flexibility index (Phi) is 5.76. The molecule has 17 heavy (non-hydrogen) atoms. The van der Waals surface area contributed by atoms with Crippen molar-refractivity contribution in [2.75, 3.05) is 13.2 Å². The summed E-state index contributed by atoms with van der Waals surface area (Å²) in [6, 6.07) is -0.715. The first-order chi connectivity index (χ1) is 8.08. The molecule has 1 fully saturated rings. The zero-order valence-electron chi connectivity index (χ0n) is 10.1. The van der Waals surface area contributed by atoms with Gasteiger partial charge < -0.3 is 20.5 Å². The van der Waals surface area contributed by atoms with E-state index >= 15 is 0 Å². The maximum atomic E-state index is 11.4. The van der Waals surface area contributed by atoms with Crippen molar-refractivity contribution in [2.24, 2.45) is 0 Å². The van der Waals surface area contributed by atoms with E-state index in [0.717, 1.165) is 25.9 Å². The van der Waals surface area contributed by atoms with Gasteiger partial charge in [-0.15, -0.1) is 0 Å². The molecule has 1 rings (SSSR count). The molecule has 0 aromatic heterocycles. The summed E-state index contributed by atoms with van der Waals surface area (Å²) in [5.74, 6) is -0.923. The van der Waals surface area contributed by atoms with E-state index in [1.54, 1.807) is 6.92 Å². The third-order valence-electron chi connectivity index (χ3n) is 2.62. The molecule has 6 heteroatoms. The first-order valence-corrected chi connectivity index (χ1v) is 5.95. The number of carboxylic acid groups (broad SMARTS) is 1. The van der Waals surface area contributed by atoms with Gasteiger partial charge in [0.25, 0.3) is 0 Å². The predicted molar refractivity (Wildman–Crippen MR) is 61.8 cm³/mol. The average Bonchev–Trinajstić information content (AvgIpc) is 2.26. The van der Waals surface area contributed by atoms with Gasteiger partial charge in [0.1, 0.15) is 0 Å². The fourth-order valence-corrected chi connectivity index (χ4v) is 1.76. The van der Waals surface area contributed by atoms with Crippen molar-refractivity contribution in [1.29, 1.82) is 0 Å². The summed E-state index contributed by atoms with van der Waals surface area (Å²) >= 11 is 0. The van der Waals surface area contributed by atoms with Crippen LogP contribution in [0.3, 0.4) is 0 Å². The lowest BCUT2D eigenvalue weighted by Gasteiger charge is -2.23. The average molecular weight is 244 g/mol. The van der Waals surface area contributed by atoms with Crippen LogP contribution in [0.4, 0.5) is 4.79 Å². The molecule has 3 N–H and O–H groups in total. The van der Waals surface area contributed by atoms with Gasteiger partial charge in [0.05, 0.1) is 12.5 Å². The van der Waals surface area contributed by atoms with Crippen molar-refractivity contribution in [2.45, 2.75) is 44.8 Å². The first kappa shape index (κ1) is 13.8. The molecular formula is C11H20N2O4. The number of carboxylic acids is 1. The van der Waals surface area contributed by atoms with Gasteiger partial charge in [0.2, 0.25) is 0 Å². The molecule has 2 amide bonds. The number of nitrogens with one attached hydrogen (secondary N) is 2. The van der Waals surface area contributed by atoms with Crippen LogP contribution in [0.1, 0.15) is 32.6 Å². The summed E-state index contributed by atoms with van der Waals surface area (Å²) < 4.78 is 5.46. The SMILES string of the molecule is CC(CC(=O)O)NC(=O)NCC1CCCCO1. The number of carbonyl (C=O) groups is 2. The van der Waals surface area contributed by atoms with Crippen LogP contribution < -0.4 is 10.6 Å². The fraction of sp³-hybridized carbons (Fsp3) is 0.818. The molecule has 0 bridgehead atoms. The van der Waals surface area contributed by atoms with Gasteiger partial charge in [-0.3, -0.25) is 4.79 Å². The Bertz CT molecular complexity index is 264. The van der Waals surface area contributed by atoms with Crippen molar-refractivity contribution in [3.8, 4) is 0 Å². The number of urea groups is 1. The van der Waals surface area contributed by atoms with E-state index in [4.69, 9.17) is 9.84 Å². The number of rotatable bonds is 5. The van der Waals surface area contributed by atoms with Crippen molar-refractivity contribution in [3.63, 3.8) is 0 Å². The van der Waals surface area contributed by atoms with E-state index in [0.29, 0.717) is 6.54 Å². The largest absolute Gasteiger partial charge is 0.481 e. The van der Waals surface area contributed by atoms with Gasteiger partial charge in [-0.2, -0.15) is 0 Å². The second kappa shape index (κ2) is 7.11. The highest BCUT2D eigenvalue weighted by Crippen LogP contribution is 2.11. The zero-order chi connectivity index (χ0) is 12.7. The highest BCUT2D eigenvalue weighted by Gasteiger charge is 2.15. The summed E-state index contributed by atoms with van der Waals surface area (Å²) in [6.45, 7) is 2.89. The van der Waals surface area contributed by atoms with Crippen LogP contribution in [0.25, 0.3) is 0 Å². The molecule has 1 aliphatic rings. The Morgan fingerprint density at radius 1 is 1.47 bits per heavy atom. The molecule has 0 aromatic carbocycles. The monoisotopic (exact) mass is 244 g/mol. The van der Waals surface area contributed by atoms with Crippen LogP contribution in [0.2, 0.25) is 0 Å². The molecule has 1 aliphatic heterocycles. The van der Waals surface area contributed by atoms with E-state index in [2.05, 4.69) is 10.6 Å². The van der Waals surface area contributed by atoms with Gasteiger partial charge in [-0.05, 0) is 26.2 Å². The van der Waals surface area contributed by atoms with Crippen molar-refractivity contribution in [3.05, 3.63) is 0 Å². The standard InChI is InChI=1S/C11H20N2O4/c1-8(6-10(14)15)13-11(16)12-7-9-4-2-3-5-17-9/h8-9H,2-7H2,1H3,(H,14,15)(H2,12,13,16). The highest BCUT2D eigenvalue weighted by atomic mass is 16.5. The molecule has 6 nitrogen and oxygen atoms in total. The maximum absolute atomic E-state index is 11.4. The molecule has 0 aliphatic carbocycles. The second-order valence-electron chi connectivity index (χ2n) is 4.34. The molecule has 1 heterocycles. The van der Waals surface area contributed by atoms with Crippen LogP contribution in [-0.2, 0) is 9.53 Å². The summed E-state index contributed by atoms with van der Waals surface area (Å²) in [5.41, 5.74) is 0. The summed E-state index contributed by atoms with van der Waals surface area (Å²) in [6.07, 6.45) is 3.18. The van der Waals surface area contributed by atoms with Gasteiger partial charge in [0, 0.05) is 19.2 Å². The van der Waals surface area contributed by atoms with Gasteiger partial charge in [0.15, 0.2) is 0 Å². The van der Waals surface area contributed by atoms with E-state index in [9.17, 15) is 9.59 Å². The van der Waals surface area contributed by atoms with Crippen LogP contribution >= 0.6 is 0 Å². The molecule has 0 saturated carbocycles. The smallest absolute Gasteiger partial charge is 0.315 e. The minimum atomic E-state index is -0.923. The number of hydrogen-bond acceptors (Lipinski definition) is 3. The molecule has 2 unspecified atom stereocenters. The second-order valence-corrected chi connectivity index (χ2v) is 4.34. The lowest BCUT2D eigenvalue weighted by molar-refractivity contribution is -0.137. The van der Waals surface area contributed by atoms with Crippen molar-refractivity contribution >= 4 is 12.0 Å². The van der Waals surface area contributed by atoms with Crippen LogP contribution in [0, 0.1) is 0 Å². The number of carbonyl (C=O) groups excluding carboxylic acids is 1. The summed E-state index contributed by atoms with van der Waals surface area (Å²) in [7, 11) is 0. The number of amides is 2. The number of ether oxygens (including phenoxy) is 1. The third kappa shape index (κ3) is 6.11. The molecule has 0 spiro atoms. The zero-order valence-corrected chi connectivity index (χ0v) is 10.1. The Labute approximate surface area is 101 Å². The molecule has 98 valence electrons. The molecule has 0 aromatic rings. The van der Waals surface area contributed by atoms with Crippen LogP contribution in [0.5, 0.6) is 0 Å². The fourth-order valence-electron chi connectivity index (χ4n) is 1.76. The van der Waals surface area contributed by atoms with Gasteiger partial charge in [-0.25, -0.2) is 4.79 Å². The molecular weight excluding hydrogens is 224 g/mol. The van der Waals surface area contributed by atoms with Gasteiger partial charge >= 0.3 is 12.0 Å². The van der Waals surface area contributed by atoms with Crippen molar-refractivity contribution < 1.29 is 19.4 Å². The Morgan fingerprint density at radius 3 is 2.82 bits per heavy atom. The summed E-state index contributed by atoms with van der Waals surface area (Å²) in [4.78, 5) is 21.8. The topological polar surface area (TPSA) is 87.7 Å². The van der Waals surface area contributed by atoms with Gasteiger partial charge in [-0.1, -0.05) is 0 Å². The van der Waals surface area contributed by atoms with E-state index in [1.165, 1.54) is 0 Å². The quantitative estimate of drug-likeness (QED) is 0.665. The Balaban J connectivity index is 2.13. The first-order valence-electron chi connectivity index (χ1n) is 5.95. The minimum absolute atomic E-state index is 0.0760. The minimum Gasteiger partial charge on any atom is -0.481 e. The highest BCUT2D eigenvalue weighted by molar-refractivity contribution is 5.75. The Morgan fingerprint density at radius 2 is 2.24 bits per heavy atom. The Hall–Kier alpha value is -1.30. The number of aliphatic carboxylic acids is 1. The van der Waals surface area contributed by atoms with E-state index < -0.39 is 5.97 Å². The number of hydrogen-bond donors (Lipinski definition) is 3. The van der Waals surface area contributed by atoms with E-state index in [-0.39, 0.29) is 24.6 Å². The lowest BCUT2D eigenvalue weighted by Crippen LogP contribution is -2.45. The van der Waals surface area contributed by atoms with Crippen LogP contribution in [-0.4, -0.2) is 42.4 Å². The van der Waals surface area contributed by atoms with Crippen molar-refractivity contribution in [1.82, 2.24) is 10.6 Å². The van der Waals surface area contributed by atoms with E-state index in [1.807, 2.05) is 0 Å². The molecule has 0 radical (unpaired) electrons. The summed E-state index contributed by atoms with van der Waals surface area (Å²) in [5, 5.41) is 13.8. The molecule has 1 saturated heterocycles. The predicted octanol–water partition coefficient (Wildman–Crippen LogP) is 0.718. The van der Waals surface area contributed by atoms with Crippen LogP contribution in [0.15, 0.2) is 0 Å².